The van der Waals surface area contributed by atoms with Crippen molar-refractivity contribution in [3.05, 3.63) is 46.0 Å². The Balaban J connectivity index is 1.88. The van der Waals surface area contributed by atoms with Crippen LogP contribution >= 0.6 is 11.8 Å². The van der Waals surface area contributed by atoms with E-state index in [-0.39, 0.29) is 17.4 Å². The van der Waals surface area contributed by atoms with Gasteiger partial charge in [-0.3, -0.25) is 9.78 Å². The van der Waals surface area contributed by atoms with E-state index in [0.717, 1.165) is 11.6 Å². The van der Waals surface area contributed by atoms with Gasteiger partial charge in [-0.2, -0.15) is 4.98 Å². The topological polar surface area (TPSA) is 100 Å². The van der Waals surface area contributed by atoms with E-state index in [4.69, 9.17) is 5.73 Å². The molecule has 0 spiro atoms. The fraction of sp³-hybridized carbons (Fsp3) is 0.154. The molecule has 1 aromatic carbocycles. The lowest BCUT2D eigenvalue weighted by Crippen LogP contribution is -2.11. The van der Waals surface area contributed by atoms with Gasteiger partial charge in [-0.1, -0.05) is 18.2 Å². The van der Waals surface area contributed by atoms with Crippen molar-refractivity contribution in [3.8, 4) is 0 Å². The average molecular weight is 285 g/mol. The van der Waals surface area contributed by atoms with Gasteiger partial charge < -0.3 is 10.7 Å². The maximum Gasteiger partial charge on any atom is 0.278 e. The molecule has 0 saturated heterocycles. The number of aromatic nitrogens is 4. The van der Waals surface area contributed by atoms with Crippen molar-refractivity contribution in [2.75, 3.05) is 11.5 Å². The van der Waals surface area contributed by atoms with Crippen LogP contribution in [0.25, 0.3) is 11.2 Å². The smallest absolute Gasteiger partial charge is 0.278 e. The Morgan fingerprint density at radius 3 is 3.00 bits per heavy atom. The molecule has 3 heterocycles. The van der Waals surface area contributed by atoms with Crippen LogP contribution in [0, 0.1) is 0 Å². The van der Waals surface area contributed by atoms with Gasteiger partial charge in [-0.05, 0) is 11.6 Å². The number of thioether (sulfide) groups is 1. The average Bonchev–Trinajstić information content (AvgIpc) is 3.01. The summed E-state index contributed by atoms with van der Waals surface area (Å²) in [5.41, 5.74) is 7.24. The SMILES string of the molecule is Nc1nc2nc(C3CSc4ccccc43)[nH]c2c(=O)[nH]1. The Hall–Kier alpha value is -2.28. The number of nitrogen functional groups attached to an aromatic ring is 1. The van der Waals surface area contributed by atoms with Crippen molar-refractivity contribution in [1.29, 1.82) is 0 Å². The monoisotopic (exact) mass is 285 g/mol. The zero-order chi connectivity index (χ0) is 13.7. The number of nitrogens with one attached hydrogen (secondary N) is 2. The number of nitrogens with two attached hydrogens (primary N) is 1. The van der Waals surface area contributed by atoms with Crippen LogP contribution in [0.15, 0.2) is 34.0 Å². The molecule has 0 bridgehead atoms. The van der Waals surface area contributed by atoms with Gasteiger partial charge in [0.2, 0.25) is 5.95 Å². The minimum absolute atomic E-state index is 0.0850. The molecule has 0 radical (unpaired) electrons. The fourth-order valence-corrected chi connectivity index (χ4v) is 3.73. The molecule has 100 valence electrons. The van der Waals surface area contributed by atoms with Crippen molar-refractivity contribution in [2.45, 2.75) is 10.8 Å². The quantitative estimate of drug-likeness (QED) is 0.628. The van der Waals surface area contributed by atoms with Gasteiger partial charge in [0.1, 0.15) is 5.82 Å². The van der Waals surface area contributed by atoms with E-state index in [1.54, 1.807) is 11.8 Å². The molecule has 0 amide bonds. The largest absolute Gasteiger partial charge is 0.369 e. The minimum atomic E-state index is -0.287. The van der Waals surface area contributed by atoms with Crippen molar-refractivity contribution in [2.24, 2.45) is 0 Å². The van der Waals surface area contributed by atoms with Crippen LogP contribution < -0.4 is 11.3 Å². The second-order valence-corrected chi connectivity index (χ2v) is 5.74. The number of hydrogen-bond acceptors (Lipinski definition) is 5. The summed E-state index contributed by atoms with van der Waals surface area (Å²) in [5, 5.41) is 0. The summed E-state index contributed by atoms with van der Waals surface area (Å²) < 4.78 is 0. The van der Waals surface area contributed by atoms with Gasteiger partial charge in [0.05, 0.1) is 5.92 Å². The van der Waals surface area contributed by atoms with E-state index in [0.29, 0.717) is 11.2 Å². The molecule has 0 fully saturated rings. The summed E-state index contributed by atoms with van der Waals surface area (Å²) >= 11 is 1.80. The number of aromatic amines is 2. The highest BCUT2D eigenvalue weighted by Crippen LogP contribution is 2.41. The van der Waals surface area contributed by atoms with Crippen LogP contribution in [0.2, 0.25) is 0 Å². The summed E-state index contributed by atoms with van der Waals surface area (Å²) in [6.07, 6.45) is 0. The molecular weight excluding hydrogens is 274 g/mol. The Kier molecular flexibility index (Phi) is 2.37. The zero-order valence-electron chi connectivity index (χ0n) is 10.4. The van der Waals surface area contributed by atoms with E-state index in [1.165, 1.54) is 10.5 Å². The third-order valence-electron chi connectivity index (χ3n) is 3.43. The van der Waals surface area contributed by atoms with Crippen LogP contribution in [0.4, 0.5) is 5.95 Å². The van der Waals surface area contributed by atoms with E-state index in [1.807, 2.05) is 12.1 Å². The number of hydrogen-bond donors (Lipinski definition) is 3. The summed E-state index contributed by atoms with van der Waals surface area (Å²) in [6.45, 7) is 0. The molecule has 0 saturated carbocycles. The second kappa shape index (κ2) is 4.11. The van der Waals surface area contributed by atoms with E-state index in [2.05, 4.69) is 32.1 Å². The van der Waals surface area contributed by atoms with Crippen molar-refractivity contribution in [3.63, 3.8) is 0 Å². The van der Waals surface area contributed by atoms with Gasteiger partial charge in [0.15, 0.2) is 11.2 Å². The molecule has 1 aliphatic rings. The molecule has 20 heavy (non-hydrogen) atoms. The molecule has 0 aliphatic carbocycles. The number of imidazole rings is 1. The lowest BCUT2D eigenvalue weighted by atomic mass is 10.0. The molecule has 1 unspecified atom stereocenters. The van der Waals surface area contributed by atoms with Crippen LogP contribution in [0.5, 0.6) is 0 Å². The molecule has 4 rings (SSSR count). The molecule has 1 atom stereocenters. The summed E-state index contributed by atoms with van der Waals surface area (Å²) in [6, 6.07) is 8.24. The summed E-state index contributed by atoms with van der Waals surface area (Å²) in [5.74, 6) is 1.92. The van der Waals surface area contributed by atoms with E-state index >= 15 is 0 Å². The summed E-state index contributed by atoms with van der Waals surface area (Å²) in [7, 11) is 0. The lowest BCUT2D eigenvalue weighted by Gasteiger charge is -2.06. The van der Waals surface area contributed by atoms with Gasteiger partial charge in [0, 0.05) is 10.6 Å². The Labute approximate surface area is 117 Å². The van der Waals surface area contributed by atoms with Gasteiger partial charge in [0.25, 0.3) is 5.56 Å². The third-order valence-corrected chi connectivity index (χ3v) is 4.61. The third kappa shape index (κ3) is 1.63. The number of H-pyrrole nitrogens is 2. The maximum absolute atomic E-state index is 11.8. The normalized spacial score (nSPS) is 17.5. The fourth-order valence-electron chi connectivity index (χ4n) is 2.50. The van der Waals surface area contributed by atoms with Gasteiger partial charge in [-0.15, -0.1) is 11.8 Å². The molecule has 6 nitrogen and oxygen atoms in total. The van der Waals surface area contributed by atoms with Crippen LogP contribution in [0.3, 0.4) is 0 Å². The van der Waals surface area contributed by atoms with Crippen LogP contribution in [-0.2, 0) is 0 Å². The van der Waals surface area contributed by atoms with E-state index < -0.39 is 0 Å². The van der Waals surface area contributed by atoms with Crippen LogP contribution in [0.1, 0.15) is 17.3 Å². The molecule has 2 aromatic heterocycles. The zero-order valence-corrected chi connectivity index (χ0v) is 11.2. The van der Waals surface area contributed by atoms with Crippen molar-refractivity contribution in [1.82, 2.24) is 19.9 Å². The number of fused-ring (bicyclic) bond motifs is 2. The predicted octanol–water partition coefficient (Wildman–Crippen LogP) is 1.47. The van der Waals surface area contributed by atoms with Crippen molar-refractivity contribution < 1.29 is 0 Å². The molecule has 3 aromatic rings. The molecule has 7 heteroatoms. The first-order chi connectivity index (χ1) is 9.72. The molecule has 4 N–H and O–H groups in total. The maximum atomic E-state index is 11.8. The Morgan fingerprint density at radius 1 is 1.25 bits per heavy atom. The standard InChI is InChI=1S/C13H11N5OS/c14-13-17-11-9(12(19)18-13)15-10(16-11)7-5-20-8-4-2-1-3-6(7)8/h1-4,7H,5H2,(H4,14,15,16,17,18,19). The van der Waals surface area contributed by atoms with E-state index in [9.17, 15) is 4.79 Å². The van der Waals surface area contributed by atoms with Gasteiger partial charge in [-0.25, -0.2) is 4.98 Å². The van der Waals surface area contributed by atoms with Crippen LogP contribution in [-0.4, -0.2) is 25.7 Å². The first-order valence-corrected chi connectivity index (χ1v) is 7.18. The highest BCUT2D eigenvalue weighted by molar-refractivity contribution is 7.99. The Bertz CT molecular complexity index is 869. The van der Waals surface area contributed by atoms with Crippen molar-refractivity contribution >= 4 is 28.9 Å². The van der Waals surface area contributed by atoms with Gasteiger partial charge >= 0.3 is 0 Å². The summed E-state index contributed by atoms with van der Waals surface area (Å²) in [4.78, 5) is 27.1. The predicted molar refractivity (Wildman–Crippen MR) is 77.9 cm³/mol. The highest BCUT2D eigenvalue weighted by Gasteiger charge is 2.27. The minimum Gasteiger partial charge on any atom is -0.369 e. The number of anilines is 1. The first-order valence-electron chi connectivity index (χ1n) is 6.19. The highest BCUT2D eigenvalue weighted by atomic mass is 32.2. The lowest BCUT2D eigenvalue weighted by molar-refractivity contribution is 0.857. The first kappa shape index (κ1) is 11.5. The molecular formula is C13H11N5OS. The molecule has 1 aliphatic heterocycles. The number of rotatable bonds is 1. The number of nitrogens with zero attached hydrogens (tertiary/aromatic N) is 2. The Morgan fingerprint density at radius 2 is 2.10 bits per heavy atom. The second-order valence-electron chi connectivity index (χ2n) is 4.67. The number of benzene rings is 1.